The van der Waals surface area contributed by atoms with Crippen molar-refractivity contribution < 1.29 is 21.8 Å². The highest BCUT2D eigenvalue weighted by Crippen LogP contribution is 2.51. The molecule has 2 unspecified atom stereocenters. The van der Waals surface area contributed by atoms with Gasteiger partial charge in [-0.15, -0.1) is 0 Å². The first-order valence-electron chi connectivity index (χ1n) is 18.6. The average molecular weight is 647 g/mol. The molecule has 2 aliphatic carbocycles. The van der Waals surface area contributed by atoms with Crippen LogP contribution in [-0.4, -0.2) is 22.8 Å². The summed E-state index contributed by atoms with van der Waals surface area (Å²) in [5.41, 5.74) is 3.49. The van der Waals surface area contributed by atoms with Gasteiger partial charge in [0.2, 0.25) is 11.6 Å². The van der Waals surface area contributed by atoms with E-state index in [0.717, 1.165) is 33.4 Å². The topological polar surface area (TPSA) is 52.6 Å². The summed E-state index contributed by atoms with van der Waals surface area (Å²) in [7, 11) is 0. The molecule has 48 heavy (non-hydrogen) atoms. The maximum Gasteiger partial charge on any atom is 0.207 e. The number of carbonyl (C=O) groups is 2. The number of Topliss-reactive ketones (excluding diaryl/α,β-unsaturated/α-hetero) is 2. The Kier molecular flexibility index (Phi) is 6.31. The maximum absolute atomic E-state index is 15.0. The molecule has 0 fully saturated rings. The zero-order valence-electron chi connectivity index (χ0n) is 32.8. The maximum atomic E-state index is 15.0. The quantitative estimate of drug-likeness (QED) is 0.286. The first kappa shape index (κ1) is 30.4. The monoisotopic (exact) mass is 646 g/mol. The van der Waals surface area contributed by atoms with E-state index < -0.39 is 24.0 Å². The van der Waals surface area contributed by atoms with Gasteiger partial charge in [0.25, 0.3) is 0 Å². The summed E-state index contributed by atoms with van der Waals surface area (Å²) in [5.74, 6) is 0.510. The van der Waals surface area contributed by atoms with Crippen LogP contribution in [-0.2, 0) is 46.1 Å². The SMILES string of the molecule is [2H]C1C2=CC(C(C)(C)C)=C[C@@]3(Cc4cc(C(C)(C)C)cc(c4O3)C([2H])C3=CC(C(C)(C)C)=C[C@]4(Cc5cc(C(C)(C)C)cc1c5O4)C3=O)C2=O. The van der Waals surface area contributed by atoms with Crippen LogP contribution in [0, 0.1) is 10.8 Å². The summed E-state index contributed by atoms with van der Waals surface area (Å²) in [4.78, 5) is 30.0. The van der Waals surface area contributed by atoms with Crippen LogP contribution in [0.1, 0.15) is 119 Å². The Balaban J connectivity index is 1.58. The fourth-order valence-electron chi connectivity index (χ4n) is 7.52. The van der Waals surface area contributed by atoms with Gasteiger partial charge < -0.3 is 9.47 Å². The van der Waals surface area contributed by atoms with E-state index in [1.54, 1.807) is 0 Å². The molecule has 6 bridgehead atoms. The van der Waals surface area contributed by atoms with E-state index >= 15 is 9.59 Å². The molecule has 2 aromatic rings. The van der Waals surface area contributed by atoms with Crippen molar-refractivity contribution in [1.82, 2.24) is 0 Å². The van der Waals surface area contributed by atoms with Crippen molar-refractivity contribution in [1.29, 1.82) is 0 Å². The van der Waals surface area contributed by atoms with Gasteiger partial charge in [-0.2, -0.15) is 0 Å². The molecule has 2 spiro atoms. The zero-order chi connectivity index (χ0) is 36.7. The molecular weight excluding hydrogens is 592 g/mol. The minimum absolute atomic E-state index is 0.239. The lowest BCUT2D eigenvalue weighted by Gasteiger charge is -2.35. The van der Waals surface area contributed by atoms with Gasteiger partial charge in [-0.25, -0.2) is 0 Å². The molecule has 0 amide bonds. The molecule has 3 heterocycles. The molecule has 4 nitrogen and oxygen atoms in total. The van der Waals surface area contributed by atoms with Gasteiger partial charge >= 0.3 is 0 Å². The molecule has 4 atom stereocenters. The Morgan fingerprint density at radius 2 is 0.875 bits per heavy atom. The molecular formula is C44H52O4. The van der Waals surface area contributed by atoms with E-state index in [0.29, 0.717) is 33.8 Å². The first-order valence-corrected chi connectivity index (χ1v) is 17.4. The van der Waals surface area contributed by atoms with Crippen LogP contribution < -0.4 is 9.47 Å². The predicted octanol–water partition coefficient (Wildman–Crippen LogP) is 9.39. The predicted molar refractivity (Wildman–Crippen MR) is 193 cm³/mol. The number of fused-ring (bicyclic) bond motifs is 2. The van der Waals surface area contributed by atoms with Gasteiger partial charge in [-0.05, 0) is 78.3 Å². The molecule has 0 saturated heterocycles. The van der Waals surface area contributed by atoms with E-state index in [-0.39, 0.29) is 46.1 Å². The van der Waals surface area contributed by atoms with Crippen molar-refractivity contribution in [3.8, 4) is 11.5 Å². The third-order valence-electron chi connectivity index (χ3n) is 10.6. The normalized spacial score (nSPS) is 28.7. The molecule has 7 rings (SSSR count). The number of allylic oxidation sites excluding steroid dienone is 4. The van der Waals surface area contributed by atoms with Gasteiger partial charge in [0, 0.05) is 39.5 Å². The molecule has 4 heteroatoms. The summed E-state index contributed by atoms with van der Waals surface area (Å²) in [5, 5.41) is 0. The van der Waals surface area contributed by atoms with E-state index in [4.69, 9.17) is 9.47 Å². The van der Waals surface area contributed by atoms with E-state index in [1.165, 1.54) is 0 Å². The lowest BCUT2D eigenvalue weighted by molar-refractivity contribution is -0.127. The lowest BCUT2D eigenvalue weighted by atomic mass is 9.72. The highest BCUT2D eigenvalue weighted by atomic mass is 16.5. The Labute approximate surface area is 290 Å². The summed E-state index contributed by atoms with van der Waals surface area (Å²) < 4.78 is 33.7. The number of carbonyl (C=O) groups excluding carboxylic acids is 2. The third kappa shape index (κ3) is 5.17. The molecule has 3 aliphatic heterocycles. The highest BCUT2D eigenvalue weighted by Gasteiger charge is 2.53. The molecule has 5 aliphatic rings. The summed E-state index contributed by atoms with van der Waals surface area (Å²) in [6.07, 6.45) is 6.11. The van der Waals surface area contributed by atoms with Crippen molar-refractivity contribution in [3.63, 3.8) is 0 Å². The van der Waals surface area contributed by atoms with Gasteiger partial charge in [0.1, 0.15) is 11.5 Å². The van der Waals surface area contributed by atoms with Crippen molar-refractivity contribution in [2.45, 2.75) is 131 Å². The second kappa shape index (κ2) is 9.96. The number of benzene rings is 2. The largest absolute Gasteiger partial charge is 0.474 e. The summed E-state index contributed by atoms with van der Waals surface area (Å²) in [6, 6.07) is 8.22. The fourth-order valence-corrected chi connectivity index (χ4v) is 7.52. The molecule has 0 saturated carbocycles. The third-order valence-corrected chi connectivity index (χ3v) is 10.6. The smallest absolute Gasteiger partial charge is 0.207 e. The molecule has 252 valence electrons. The second-order valence-electron chi connectivity index (χ2n) is 18.8. The second-order valence-corrected chi connectivity index (χ2v) is 18.8. The van der Waals surface area contributed by atoms with Crippen LogP contribution in [0.5, 0.6) is 11.5 Å². The first-order chi connectivity index (χ1) is 22.8. The Morgan fingerprint density at radius 3 is 1.19 bits per heavy atom. The van der Waals surface area contributed by atoms with Crippen LogP contribution in [0.2, 0.25) is 0 Å². The minimum Gasteiger partial charge on any atom is -0.474 e. The van der Waals surface area contributed by atoms with Gasteiger partial charge in [0.15, 0.2) is 11.2 Å². The zero-order valence-corrected chi connectivity index (χ0v) is 30.8. The standard InChI is InChI=1S/C44H52O4/c1-39(2,3)31-15-25-13-27-17-33(41(7,8)9)24-44(37(27)45)22-30-20-32(40(4,5)6)16-26(36(30)48-44)14-28-18-34(42(10,11)12)23-43(38(28)46)21-29(19-31)35(25)47-43/h15-20,23-24H,13-14,21-22H2,1-12H3/t43-,44+/i13D,14D/t13?,14?,43-,44+. The van der Waals surface area contributed by atoms with E-state index in [1.807, 2.05) is 36.4 Å². The van der Waals surface area contributed by atoms with Crippen molar-refractivity contribution >= 4 is 11.6 Å². The van der Waals surface area contributed by atoms with Crippen LogP contribution in [0.15, 0.2) is 70.9 Å². The average Bonchev–Trinajstić information content (AvgIpc) is 3.54. The summed E-state index contributed by atoms with van der Waals surface area (Å²) >= 11 is 0. The van der Waals surface area contributed by atoms with Crippen LogP contribution in [0.3, 0.4) is 0 Å². The number of hydrogen-bond acceptors (Lipinski definition) is 4. The molecule has 0 N–H and O–H groups in total. The van der Waals surface area contributed by atoms with Gasteiger partial charge in [0.05, 0.1) is 0 Å². The molecule has 0 radical (unpaired) electrons. The minimum atomic E-state index is -1.37. The van der Waals surface area contributed by atoms with Crippen LogP contribution in [0.4, 0.5) is 0 Å². The van der Waals surface area contributed by atoms with E-state index in [2.05, 4.69) is 95.2 Å². The van der Waals surface area contributed by atoms with Gasteiger partial charge in [-0.1, -0.05) is 120 Å². The number of rotatable bonds is 0. The van der Waals surface area contributed by atoms with Crippen molar-refractivity contribution in [2.24, 2.45) is 10.8 Å². The van der Waals surface area contributed by atoms with E-state index in [9.17, 15) is 2.74 Å². The highest BCUT2D eigenvalue weighted by molar-refractivity contribution is 6.08. The summed E-state index contributed by atoms with van der Waals surface area (Å²) in [6.45, 7) is 25.5. The number of ether oxygens (including phenoxy) is 2. The Morgan fingerprint density at radius 1 is 0.542 bits per heavy atom. The lowest BCUT2D eigenvalue weighted by Crippen LogP contribution is -2.46. The number of hydrogen-bond donors (Lipinski definition) is 0. The molecule has 0 aromatic heterocycles. The van der Waals surface area contributed by atoms with Gasteiger partial charge in [-0.3, -0.25) is 9.59 Å². The van der Waals surface area contributed by atoms with Crippen LogP contribution >= 0.6 is 0 Å². The van der Waals surface area contributed by atoms with Crippen molar-refractivity contribution in [2.75, 3.05) is 0 Å². The van der Waals surface area contributed by atoms with Crippen molar-refractivity contribution in [3.05, 3.63) is 104 Å². The molecule has 2 aromatic carbocycles. The Hall–Kier alpha value is -3.66. The number of ketones is 2. The Bertz CT molecular complexity index is 1870. The van der Waals surface area contributed by atoms with Crippen LogP contribution in [0.25, 0.3) is 0 Å². The fraction of sp³-hybridized carbons (Fsp3) is 0.500.